The largest absolute Gasteiger partial charge is 0.368 e. The first-order valence-electron chi connectivity index (χ1n) is 11.3. The number of benzene rings is 1. The molecule has 0 atom stereocenters. The van der Waals surface area contributed by atoms with E-state index in [1.54, 1.807) is 21.6 Å². The predicted molar refractivity (Wildman–Crippen MR) is 143 cm³/mol. The van der Waals surface area contributed by atoms with Gasteiger partial charge in [0.2, 0.25) is 0 Å². The number of hydrogen-bond acceptors (Lipinski definition) is 7. The smallest absolute Gasteiger partial charge is 0.267 e. The van der Waals surface area contributed by atoms with Gasteiger partial charge in [0, 0.05) is 44.6 Å². The molecule has 2 aromatic heterocycles. The first-order valence-corrected chi connectivity index (χ1v) is 12.5. The molecule has 4 heterocycles. The van der Waals surface area contributed by atoms with Crippen LogP contribution in [0.3, 0.4) is 0 Å². The summed E-state index contributed by atoms with van der Waals surface area (Å²) in [5.74, 6) is 0.453. The number of nitrogens with zero attached hydrogens (tertiary/aromatic N) is 5. The van der Waals surface area contributed by atoms with Gasteiger partial charge in [-0.25, -0.2) is 4.98 Å². The number of rotatable bonds is 4. The topological polar surface area (TPSA) is 61.2 Å². The lowest BCUT2D eigenvalue weighted by atomic mass is 10.2. The maximum absolute atomic E-state index is 13.6. The normalized spacial score (nSPS) is 17.9. The van der Waals surface area contributed by atoms with Crippen LogP contribution in [-0.2, 0) is 4.79 Å². The molecule has 7 nitrogen and oxygen atoms in total. The highest BCUT2D eigenvalue weighted by molar-refractivity contribution is 8.26. The molecule has 0 spiro atoms. The lowest BCUT2D eigenvalue weighted by molar-refractivity contribution is -0.121. The second-order valence-electron chi connectivity index (χ2n) is 8.32. The maximum Gasteiger partial charge on any atom is 0.267 e. The number of piperazine rings is 1. The number of anilines is 2. The summed E-state index contributed by atoms with van der Waals surface area (Å²) in [6, 6.07) is 14.1. The number of para-hydroxylation sites is 1. The molecule has 0 bridgehead atoms. The van der Waals surface area contributed by atoms with Gasteiger partial charge in [0.05, 0.1) is 10.5 Å². The third-order valence-corrected chi connectivity index (χ3v) is 7.53. The van der Waals surface area contributed by atoms with Crippen molar-refractivity contribution >= 4 is 57.4 Å². The van der Waals surface area contributed by atoms with E-state index >= 15 is 0 Å². The van der Waals surface area contributed by atoms with Crippen molar-refractivity contribution in [3.63, 3.8) is 0 Å². The fraction of sp³-hybridized carbons (Fsp3) is 0.280. The minimum absolute atomic E-state index is 0.161. The first kappa shape index (κ1) is 22.6. The third-order valence-electron chi connectivity index (χ3n) is 6.15. The zero-order valence-electron chi connectivity index (χ0n) is 19.1. The van der Waals surface area contributed by atoms with Crippen molar-refractivity contribution in [2.75, 3.05) is 42.5 Å². The summed E-state index contributed by atoms with van der Waals surface area (Å²) >= 11 is 6.60. The highest BCUT2D eigenvalue weighted by Crippen LogP contribution is 2.33. The predicted octanol–water partition coefficient (Wildman–Crippen LogP) is 3.55. The van der Waals surface area contributed by atoms with Crippen molar-refractivity contribution in [1.29, 1.82) is 0 Å². The molecule has 2 fully saturated rings. The quantitative estimate of drug-likeness (QED) is 0.409. The van der Waals surface area contributed by atoms with E-state index < -0.39 is 0 Å². The van der Waals surface area contributed by atoms with Crippen molar-refractivity contribution < 1.29 is 4.79 Å². The number of likely N-dealkylation sites (N-methyl/N-ethyl adjacent to an activating group) is 1. The van der Waals surface area contributed by atoms with E-state index in [-0.39, 0.29) is 11.5 Å². The Labute approximate surface area is 207 Å². The number of hydrogen-bond donors (Lipinski definition) is 0. The van der Waals surface area contributed by atoms with Gasteiger partial charge in [0.25, 0.3) is 11.5 Å². The third kappa shape index (κ3) is 4.10. The summed E-state index contributed by atoms with van der Waals surface area (Å²) in [7, 11) is 0. The van der Waals surface area contributed by atoms with E-state index in [1.807, 2.05) is 44.2 Å². The van der Waals surface area contributed by atoms with Gasteiger partial charge in [-0.1, -0.05) is 48.2 Å². The summed E-state index contributed by atoms with van der Waals surface area (Å²) < 4.78 is 2.08. The van der Waals surface area contributed by atoms with Gasteiger partial charge in [0.1, 0.15) is 15.8 Å². The molecular formula is C25H25N5O2S2. The average Bonchev–Trinajstić information content (AvgIpc) is 3.13. The Kier molecular flexibility index (Phi) is 6.14. The molecule has 0 unspecified atom stereocenters. The number of aromatic nitrogens is 2. The molecule has 5 rings (SSSR count). The number of carbonyl (C=O) groups excluding carboxylic acids is 1. The van der Waals surface area contributed by atoms with Crippen molar-refractivity contribution in [3.8, 4) is 0 Å². The average molecular weight is 492 g/mol. The number of thioether (sulfide) groups is 1. The maximum atomic E-state index is 13.6. The zero-order valence-corrected chi connectivity index (χ0v) is 20.7. The Bertz CT molecular complexity index is 1360. The molecule has 2 aliphatic heterocycles. The van der Waals surface area contributed by atoms with E-state index in [0.717, 1.165) is 31.7 Å². The van der Waals surface area contributed by atoms with E-state index in [0.29, 0.717) is 32.8 Å². The molecule has 1 aromatic carbocycles. The summed E-state index contributed by atoms with van der Waals surface area (Å²) in [5, 5.41) is 0. The summed E-state index contributed by atoms with van der Waals surface area (Å²) in [4.78, 5) is 37.9. The summed E-state index contributed by atoms with van der Waals surface area (Å²) in [6.07, 6.45) is 3.47. The molecule has 0 N–H and O–H groups in total. The second kappa shape index (κ2) is 9.23. The van der Waals surface area contributed by atoms with Gasteiger partial charge in [-0.3, -0.25) is 18.9 Å². The lowest BCUT2D eigenvalue weighted by Crippen LogP contribution is -2.47. The van der Waals surface area contributed by atoms with Crippen molar-refractivity contribution in [2.24, 2.45) is 0 Å². The Hall–Kier alpha value is -3.17. The molecule has 3 aromatic rings. The second-order valence-corrected chi connectivity index (χ2v) is 10.0. The van der Waals surface area contributed by atoms with Crippen LogP contribution in [0.15, 0.2) is 58.4 Å². The highest BCUT2D eigenvalue weighted by atomic mass is 32.2. The zero-order chi connectivity index (χ0) is 23.8. The van der Waals surface area contributed by atoms with Crippen LogP contribution in [0.2, 0.25) is 0 Å². The molecule has 2 aliphatic rings. The Morgan fingerprint density at radius 3 is 2.41 bits per heavy atom. The van der Waals surface area contributed by atoms with Crippen molar-refractivity contribution in [3.05, 3.63) is 75.0 Å². The number of aryl methyl sites for hydroxylation is 1. The molecular weight excluding hydrogens is 466 g/mol. The number of pyridine rings is 1. The lowest BCUT2D eigenvalue weighted by Gasteiger charge is -2.37. The molecule has 0 saturated carbocycles. The standard InChI is InChI=1S/C25H25N5O2S2/c1-3-29-24(32)20(34-25(29)33)15-19-22(26-21-10-9-17(2)16-30(21)23(19)31)28-13-11-27(12-14-28)18-7-5-4-6-8-18/h4-10,15-16H,3,11-14H2,1-2H3. The van der Waals surface area contributed by atoms with Gasteiger partial charge in [-0.2, -0.15) is 0 Å². The minimum atomic E-state index is -0.184. The van der Waals surface area contributed by atoms with Gasteiger partial charge in [-0.05, 0) is 43.7 Å². The van der Waals surface area contributed by atoms with Crippen LogP contribution in [0.1, 0.15) is 18.1 Å². The van der Waals surface area contributed by atoms with E-state index in [9.17, 15) is 9.59 Å². The number of amides is 1. The van der Waals surface area contributed by atoms with Crippen LogP contribution in [0.4, 0.5) is 11.5 Å². The number of fused-ring (bicyclic) bond motifs is 1. The number of thiocarbonyl (C=S) groups is 1. The Balaban J connectivity index is 1.56. The molecule has 1 amide bonds. The fourth-order valence-electron chi connectivity index (χ4n) is 4.33. The molecule has 9 heteroatoms. The Morgan fingerprint density at radius 1 is 1.03 bits per heavy atom. The van der Waals surface area contributed by atoms with Gasteiger partial charge >= 0.3 is 0 Å². The molecule has 2 saturated heterocycles. The monoisotopic (exact) mass is 491 g/mol. The van der Waals surface area contributed by atoms with Crippen LogP contribution >= 0.6 is 24.0 Å². The Morgan fingerprint density at radius 2 is 1.74 bits per heavy atom. The van der Waals surface area contributed by atoms with Crippen LogP contribution < -0.4 is 15.4 Å². The van der Waals surface area contributed by atoms with Gasteiger partial charge in [0.15, 0.2) is 0 Å². The van der Waals surface area contributed by atoms with Crippen LogP contribution in [0, 0.1) is 6.92 Å². The molecule has 0 aliphatic carbocycles. The minimum Gasteiger partial charge on any atom is -0.368 e. The summed E-state index contributed by atoms with van der Waals surface area (Å²) in [6.45, 7) is 7.41. The fourth-order valence-corrected chi connectivity index (χ4v) is 5.70. The van der Waals surface area contributed by atoms with E-state index in [2.05, 4.69) is 21.9 Å². The molecule has 0 radical (unpaired) electrons. The molecule has 174 valence electrons. The molecule has 34 heavy (non-hydrogen) atoms. The van der Waals surface area contributed by atoms with Crippen LogP contribution in [0.25, 0.3) is 11.7 Å². The first-order chi connectivity index (χ1) is 16.5. The number of carbonyl (C=O) groups is 1. The van der Waals surface area contributed by atoms with Crippen molar-refractivity contribution in [2.45, 2.75) is 13.8 Å². The van der Waals surface area contributed by atoms with Crippen LogP contribution in [0.5, 0.6) is 0 Å². The van der Waals surface area contributed by atoms with Crippen molar-refractivity contribution in [1.82, 2.24) is 14.3 Å². The summed E-state index contributed by atoms with van der Waals surface area (Å²) in [5.41, 5.74) is 2.98. The van der Waals surface area contributed by atoms with Crippen LogP contribution in [-0.4, -0.2) is 57.2 Å². The van der Waals surface area contributed by atoms with Gasteiger partial charge < -0.3 is 9.80 Å². The van der Waals surface area contributed by atoms with Gasteiger partial charge in [-0.15, -0.1) is 0 Å². The van der Waals surface area contributed by atoms with E-state index in [1.165, 1.54) is 17.4 Å². The SMILES string of the molecule is CCN1C(=O)C(=Cc2c(N3CCN(c4ccccc4)CC3)nc3ccc(C)cn3c2=O)SC1=S. The highest BCUT2D eigenvalue weighted by Gasteiger charge is 2.32. The van der Waals surface area contributed by atoms with E-state index in [4.69, 9.17) is 17.2 Å².